The van der Waals surface area contributed by atoms with Crippen molar-refractivity contribution < 1.29 is 4.39 Å². The van der Waals surface area contributed by atoms with Crippen LogP contribution in [0.4, 0.5) is 10.1 Å². The quantitative estimate of drug-likeness (QED) is 0.454. The average Bonchev–Trinajstić information content (AvgIpc) is 2.40. The molecule has 94 valence electrons. The average molecular weight is 404 g/mol. The first-order chi connectivity index (χ1) is 8.96. The van der Waals surface area contributed by atoms with E-state index in [-0.39, 0.29) is 25.4 Å². The lowest BCUT2D eigenvalue weighted by molar-refractivity contribution is 0.615. The van der Waals surface area contributed by atoms with Crippen molar-refractivity contribution in [1.29, 1.82) is 15.8 Å². The van der Waals surface area contributed by atoms with Crippen LogP contribution in [0.15, 0.2) is 26.3 Å². The molecule has 0 fully saturated rings. The maximum atomic E-state index is 13.7. The van der Waals surface area contributed by atoms with Crippen LogP contribution in [0.5, 0.6) is 0 Å². The first-order valence-corrected chi connectivity index (χ1v) is 6.47. The van der Waals surface area contributed by atoms with E-state index in [1.807, 2.05) is 0 Å². The molecule has 0 bridgehead atoms. The molecule has 19 heavy (non-hydrogen) atoms. The molecule has 8 heteroatoms. The third-order valence-corrected chi connectivity index (χ3v) is 3.57. The molecule has 0 aliphatic heterocycles. The number of nitrogens with one attached hydrogen (secondary N) is 1. The predicted octanol–water partition coefficient (Wildman–Crippen LogP) is 4.24. The fourth-order valence-electron chi connectivity index (χ4n) is 1.09. The fraction of sp³-hybridized carbons (Fsp3) is 0. The molecule has 0 saturated heterocycles. The van der Waals surface area contributed by atoms with Crippen molar-refractivity contribution in [2.45, 2.75) is 0 Å². The van der Waals surface area contributed by atoms with Crippen LogP contribution in [0.3, 0.4) is 0 Å². The first kappa shape index (κ1) is 15.5. The van der Waals surface area contributed by atoms with Crippen LogP contribution in [-0.2, 0) is 0 Å². The molecule has 0 amide bonds. The maximum Gasteiger partial charge on any atom is 0.163 e. The summed E-state index contributed by atoms with van der Waals surface area (Å²) in [4.78, 5) is 0. The van der Waals surface area contributed by atoms with Gasteiger partial charge >= 0.3 is 0 Å². The van der Waals surface area contributed by atoms with Gasteiger partial charge in [-0.2, -0.15) is 15.8 Å². The van der Waals surface area contributed by atoms with Crippen LogP contribution < -0.4 is 5.32 Å². The monoisotopic (exact) mass is 402 g/mol. The summed E-state index contributed by atoms with van der Waals surface area (Å²) < 4.78 is 13.8. The maximum absolute atomic E-state index is 13.7. The Morgan fingerprint density at radius 2 is 1.79 bits per heavy atom. The van der Waals surface area contributed by atoms with Gasteiger partial charge in [0.25, 0.3) is 0 Å². The Bertz CT molecular complexity index is 679. The Hall–Kier alpha value is -1.59. The molecule has 0 heterocycles. The molecular formula is C11H2Br2ClFN4. The summed E-state index contributed by atoms with van der Waals surface area (Å²) in [6, 6.07) is 6.06. The van der Waals surface area contributed by atoms with Gasteiger partial charge in [-0.15, -0.1) is 0 Å². The Balaban J connectivity index is 3.41. The summed E-state index contributed by atoms with van der Waals surface area (Å²) in [5, 5.41) is 28.9. The van der Waals surface area contributed by atoms with Crippen LogP contribution in [0, 0.1) is 39.8 Å². The summed E-state index contributed by atoms with van der Waals surface area (Å²) in [6.07, 6.45) is 0. The Labute approximate surface area is 129 Å². The van der Waals surface area contributed by atoms with Gasteiger partial charge in [-0.3, -0.25) is 0 Å². The molecule has 0 spiro atoms. The Morgan fingerprint density at radius 1 is 1.21 bits per heavy atom. The van der Waals surface area contributed by atoms with E-state index in [1.165, 1.54) is 6.07 Å². The second-order valence-electron chi connectivity index (χ2n) is 3.05. The lowest BCUT2D eigenvalue weighted by Gasteiger charge is -2.11. The highest BCUT2D eigenvalue weighted by molar-refractivity contribution is 9.11. The Morgan fingerprint density at radius 3 is 2.26 bits per heavy atom. The molecule has 0 saturated carbocycles. The van der Waals surface area contributed by atoms with Gasteiger partial charge in [-0.1, -0.05) is 11.6 Å². The molecule has 0 aromatic heterocycles. The van der Waals surface area contributed by atoms with Crippen molar-refractivity contribution in [2.75, 3.05) is 5.32 Å². The molecule has 0 unspecified atom stereocenters. The molecular weight excluding hydrogens is 402 g/mol. The van der Waals surface area contributed by atoms with Crippen molar-refractivity contribution in [3.8, 4) is 18.2 Å². The molecule has 1 aromatic rings. The molecule has 4 nitrogen and oxygen atoms in total. The molecule has 1 N–H and O–H groups in total. The van der Waals surface area contributed by atoms with Gasteiger partial charge in [-0.05, 0) is 37.9 Å². The summed E-state index contributed by atoms with van der Waals surface area (Å²) in [5.41, 5.74) is -0.676. The van der Waals surface area contributed by atoms with Gasteiger partial charge in [-0.25, -0.2) is 4.39 Å². The van der Waals surface area contributed by atoms with E-state index in [0.717, 1.165) is 0 Å². The number of hydrogen-bond donors (Lipinski definition) is 1. The summed E-state index contributed by atoms with van der Waals surface area (Å²) >= 11 is 11.9. The minimum Gasteiger partial charge on any atom is -0.343 e. The SMILES string of the molecule is N#CC(C#N)=C(C#N)Nc1c(Cl)cc(Br)c(F)c1Br. The molecule has 1 aromatic carbocycles. The van der Waals surface area contributed by atoms with Gasteiger partial charge in [0.2, 0.25) is 0 Å². The van der Waals surface area contributed by atoms with Crippen molar-refractivity contribution in [1.82, 2.24) is 0 Å². The van der Waals surface area contributed by atoms with E-state index in [0.29, 0.717) is 0 Å². The van der Waals surface area contributed by atoms with E-state index in [4.69, 9.17) is 27.4 Å². The lowest BCUT2D eigenvalue weighted by Crippen LogP contribution is -2.03. The number of halogens is 4. The molecule has 0 aliphatic carbocycles. The number of benzene rings is 1. The number of nitrogens with zero attached hydrogens (tertiary/aromatic N) is 3. The van der Waals surface area contributed by atoms with Crippen LogP contribution in [0.2, 0.25) is 5.02 Å². The summed E-state index contributed by atoms with van der Waals surface area (Å²) in [5.74, 6) is -0.625. The highest BCUT2D eigenvalue weighted by atomic mass is 79.9. The zero-order valence-electron chi connectivity index (χ0n) is 8.93. The minimum absolute atomic E-state index is 0.0187. The van der Waals surface area contributed by atoms with E-state index in [9.17, 15) is 4.39 Å². The number of nitriles is 3. The highest BCUT2D eigenvalue weighted by Gasteiger charge is 2.16. The van der Waals surface area contributed by atoms with Gasteiger partial charge < -0.3 is 5.32 Å². The fourth-order valence-corrected chi connectivity index (χ4v) is 2.81. The Kier molecular flexibility index (Phi) is 5.32. The molecule has 0 radical (unpaired) electrons. The van der Waals surface area contributed by atoms with Crippen LogP contribution in [-0.4, -0.2) is 0 Å². The van der Waals surface area contributed by atoms with Crippen molar-refractivity contribution in [2.24, 2.45) is 0 Å². The van der Waals surface area contributed by atoms with Crippen molar-refractivity contribution in [3.05, 3.63) is 37.1 Å². The number of rotatable bonds is 2. The number of anilines is 1. The zero-order chi connectivity index (χ0) is 14.6. The standard InChI is InChI=1S/C11H2Br2ClFN4/c12-6-1-7(14)11(9(13)10(6)15)19-8(4-18)5(2-16)3-17/h1,19H. The van der Waals surface area contributed by atoms with E-state index in [1.54, 1.807) is 18.2 Å². The highest BCUT2D eigenvalue weighted by Crippen LogP contribution is 2.38. The van der Waals surface area contributed by atoms with Gasteiger partial charge in [0.15, 0.2) is 11.4 Å². The second kappa shape index (κ2) is 6.54. The van der Waals surface area contributed by atoms with Crippen molar-refractivity contribution in [3.63, 3.8) is 0 Å². The summed E-state index contributed by atoms with van der Waals surface area (Å²) in [7, 11) is 0. The molecule has 0 atom stereocenters. The van der Waals surface area contributed by atoms with Crippen molar-refractivity contribution >= 4 is 49.1 Å². The van der Waals surface area contributed by atoms with Gasteiger partial charge in [0.1, 0.15) is 23.9 Å². The largest absolute Gasteiger partial charge is 0.343 e. The summed E-state index contributed by atoms with van der Waals surface area (Å²) in [6.45, 7) is 0. The predicted molar refractivity (Wildman–Crippen MR) is 74.3 cm³/mol. The molecule has 0 aliphatic rings. The lowest BCUT2D eigenvalue weighted by atomic mass is 10.2. The van der Waals surface area contributed by atoms with E-state index < -0.39 is 11.4 Å². The van der Waals surface area contributed by atoms with Crippen LogP contribution in [0.25, 0.3) is 0 Å². The van der Waals surface area contributed by atoms with Gasteiger partial charge in [0.05, 0.1) is 19.7 Å². The number of hydrogen-bond acceptors (Lipinski definition) is 4. The van der Waals surface area contributed by atoms with Gasteiger partial charge in [0, 0.05) is 0 Å². The van der Waals surface area contributed by atoms with E-state index in [2.05, 4.69) is 37.2 Å². The second-order valence-corrected chi connectivity index (χ2v) is 5.11. The minimum atomic E-state index is -0.625. The third kappa shape index (κ3) is 3.24. The normalized spacial score (nSPS) is 8.89. The zero-order valence-corrected chi connectivity index (χ0v) is 12.9. The number of allylic oxidation sites excluding steroid dienone is 2. The smallest absolute Gasteiger partial charge is 0.163 e. The van der Waals surface area contributed by atoms with Crippen LogP contribution in [0.1, 0.15) is 0 Å². The topological polar surface area (TPSA) is 83.4 Å². The molecule has 1 rings (SSSR count). The first-order valence-electron chi connectivity index (χ1n) is 4.50. The third-order valence-electron chi connectivity index (χ3n) is 1.95. The van der Waals surface area contributed by atoms with E-state index >= 15 is 0 Å². The van der Waals surface area contributed by atoms with Crippen LogP contribution >= 0.6 is 43.5 Å².